The van der Waals surface area contributed by atoms with E-state index in [0.717, 1.165) is 17.2 Å². The van der Waals surface area contributed by atoms with E-state index in [1.165, 1.54) is 6.07 Å². The predicted octanol–water partition coefficient (Wildman–Crippen LogP) is 2.58. The highest BCUT2D eigenvalue weighted by atomic mass is 19.1. The summed E-state index contributed by atoms with van der Waals surface area (Å²) < 4.78 is 15.6. The zero-order valence-electron chi connectivity index (χ0n) is 14.8. The Hall–Kier alpha value is -3.22. The first-order valence-corrected chi connectivity index (χ1v) is 8.30. The van der Waals surface area contributed by atoms with Gasteiger partial charge < -0.3 is 10.6 Å². The predicted molar refractivity (Wildman–Crippen MR) is 99.5 cm³/mol. The Morgan fingerprint density at radius 1 is 1.12 bits per heavy atom. The summed E-state index contributed by atoms with van der Waals surface area (Å²) >= 11 is 0. The highest BCUT2D eigenvalue weighted by Crippen LogP contribution is 2.08. The number of aromatic nitrogens is 3. The van der Waals surface area contributed by atoms with Crippen molar-refractivity contribution in [1.29, 1.82) is 0 Å². The van der Waals surface area contributed by atoms with Crippen LogP contribution in [0.5, 0.6) is 0 Å². The SMILES string of the molecule is CN=C(NCc1ccc(-n2ccnc2C)nc1)NCc1ccccc1F. The highest BCUT2D eigenvalue weighted by molar-refractivity contribution is 5.79. The molecule has 0 radical (unpaired) electrons. The molecule has 0 fully saturated rings. The van der Waals surface area contributed by atoms with Gasteiger partial charge in [-0.2, -0.15) is 0 Å². The molecule has 2 N–H and O–H groups in total. The molecule has 0 aliphatic rings. The minimum absolute atomic E-state index is 0.231. The molecule has 0 unspecified atom stereocenters. The fraction of sp³-hybridized carbons (Fsp3) is 0.211. The molecule has 0 atom stereocenters. The molecular formula is C19H21FN6. The smallest absolute Gasteiger partial charge is 0.191 e. The van der Waals surface area contributed by atoms with E-state index in [4.69, 9.17) is 0 Å². The number of guanidine groups is 1. The number of nitrogens with zero attached hydrogens (tertiary/aromatic N) is 4. The average molecular weight is 352 g/mol. The Kier molecular flexibility index (Phi) is 5.58. The fourth-order valence-electron chi connectivity index (χ4n) is 2.51. The van der Waals surface area contributed by atoms with E-state index in [9.17, 15) is 4.39 Å². The standard InChI is InChI=1S/C19H21FN6/c1-14-22-9-10-26(14)18-8-7-15(11-23-18)12-24-19(21-2)25-13-16-5-3-4-6-17(16)20/h3-11H,12-13H2,1-2H3,(H2,21,24,25). The number of imidazole rings is 1. The number of hydrogen-bond donors (Lipinski definition) is 2. The molecule has 0 saturated carbocycles. The zero-order chi connectivity index (χ0) is 18.4. The van der Waals surface area contributed by atoms with Gasteiger partial charge in [0.25, 0.3) is 0 Å². The third kappa shape index (κ3) is 4.24. The van der Waals surface area contributed by atoms with Crippen LogP contribution in [0.1, 0.15) is 17.0 Å². The van der Waals surface area contributed by atoms with Crippen LogP contribution in [0.4, 0.5) is 4.39 Å². The number of benzene rings is 1. The number of aliphatic imine (C=N–C) groups is 1. The Bertz CT molecular complexity index is 885. The molecule has 7 heteroatoms. The molecule has 0 spiro atoms. The van der Waals surface area contributed by atoms with Crippen LogP contribution in [0.2, 0.25) is 0 Å². The molecule has 134 valence electrons. The third-order valence-electron chi connectivity index (χ3n) is 3.97. The van der Waals surface area contributed by atoms with Gasteiger partial charge in [0.1, 0.15) is 17.5 Å². The maximum atomic E-state index is 13.7. The van der Waals surface area contributed by atoms with Crippen LogP contribution >= 0.6 is 0 Å². The number of aryl methyl sites for hydroxylation is 1. The van der Waals surface area contributed by atoms with Crippen LogP contribution in [-0.2, 0) is 13.1 Å². The molecule has 0 bridgehead atoms. The number of rotatable bonds is 5. The number of nitrogens with one attached hydrogen (secondary N) is 2. The first kappa shape index (κ1) is 17.6. The van der Waals surface area contributed by atoms with Crippen LogP contribution in [0, 0.1) is 12.7 Å². The number of pyridine rings is 1. The lowest BCUT2D eigenvalue weighted by atomic mass is 10.2. The van der Waals surface area contributed by atoms with Crippen molar-refractivity contribution in [3.63, 3.8) is 0 Å². The third-order valence-corrected chi connectivity index (χ3v) is 3.97. The average Bonchev–Trinajstić information content (AvgIpc) is 3.09. The summed E-state index contributed by atoms with van der Waals surface area (Å²) in [4.78, 5) is 12.8. The molecule has 1 aromatic carbocycles. The summed E-state index contributed by atoms with van der Waals surface area (Å²) in [5.41, 5.74) is 1.61. The van der Waals surface area contributed by atoms with Crippen molar-refractivity contribution in [3.8, 4) is 5.82 Å². The highest BCUT2D eigenvalue weighted by Gasteiger charge is 2.04. The van der Waals surface area contributed by atoms with Crippen LogP contribution in [-0.4, -0.2) is 27.5 Å². The number of hydrogen-bond acceptors (Lipinski definition) is 3. The second kappa shape index (κ2) is 8.24. The van der Waals surface area contributed by atoms with Crippen molar-refractivity contribution in [2.45, 2.75) is 20.0 Å². The van der Waals surface area contributed by atoms with Crippen molar-refractivity contribution < 1.29 is 4.39 Å². The summed E-state index contributed by atoms with van der Waals surface area (Å²) in [6, 6.07) is 10.6. The summed E-state index contributed by atoms with van der Waals surface area (Å²) in [5, 5.41) is 6.30. The van der Waals surface area contributed by atoms with E-state index < -0.39 is 0 Å². The van der Waals surface area contributed by atoms with Gasteiger partial charge in [0.15, 0.2) is 5.96 Å². The van der Waals surface area contributed by atoms with Gasteiger partial charge in [-0.25, -0.2) is 14.4 Å². The van der Waals surface area contributed by atoms with Crippen LogP contribution in [0.15, 0.2) is 60.0 Å². The Balaban J connectivity index is 1.55. The molecule has 0 aliphatic carbocycles. The lowest BCUT2D eigenvalue weighted by molar-refractivity contribution is 0.604. The fourth-order valence-corrected chi connectivity index (χ4v) is 2.51. The molecule has 6 nitrogen and oxygen atoms in total. The zero-order valence-corrected chi connectivity index (χ0v) is 14.8. The summed E-state index contributed by atoms with van der Waals surface area (Å²) in [6.45, 7) is 2.86. The molecule has 26 heavy (non-hydrogen) atoms. The molecule has 3 aromatic rings. The first-order valence-electron chi connectivity index (χ1n) is 8.30. The molecule has 2 aromatic heterocycles. The monoisotopic (exact) mass is 352 g/mol. The van der Waals surface area contributed by atoms with Gasteiger partial charge in [-0.3, -0.25) is 9.56 Å². The van der Waals surface area contributed by atoms with E-state index >= 15 is 0 Å². The molecule has 0 aliphatic heterocycles. The van der Waals surface area contributed by atoms with Gasteiger partial charge in [-0.05, 0) is 24.6 Å². The summed E-state index contributed by atoms with van der Waals surface area (Å²) in [6.07, 6.45) is 5.44. The van der Waals surface area contributed by atoms with Gasteiger partial charge >= 0.3 is 0 Å². The Morgan fingerprint density at radius 2 is 1.92 bits per heavy atom. The molecule has 2 heterocycles. The van der Waals surface area contributed by atoms with Crippen LogP contribution in [0.3, 0.4) is 0 Å². The lowest BCUT2D eigenvalue weighted by Gasteiger charge is -2.12. The molecular weight excluding hydrogens is 331 g/mol. The largest absolute Gasteiger partial charge is 0.352 e. The lowest BCUT2D eigenvalue weighted by Crippen LogP contribution is -2.36. The quantitative estimate of drug-likeness (QED) is 0.547. The van der Waals surface area contributed by atoms with Crippen molar-refractivity contribution in [1.82, 2.24) is 25.2 Å². The minimum Gasteiger partial charge on any atom is -0.352 e. The molecule has 0 amide bonds. The Morgan fingerprint density at radius 3 is 2.58 bits per heavy atom. The van der Waals surface area contributed by atoms with Crippen LogP contribution < -0.4 is 10.6 Å². The van der Waals surface area contributed by atoms with Crippen molar-refractivity contribution >= 4 is 5.96 Å². The van der Waals surface area contributed by atoms with E-state index in [1.54, 1.807) is 25.4 Å². The molecule has 0 saturated heterocycles. The van der Waals surface area contributed by atoms with Crippen molar-refractivity contribution in [2.24, 2.45) is 4.99 Å². The second-order valence-corrected chi connectivity index (χ2v) is 5.74. The van der Waals surface area contributed by atoms with Gasteiger partial charge in [-0.15, -0.1) is 0 Å². The van der Waals surface area contributed by atoms with Gasteiger partial charge in [0.05, 0.1) is 0 Å². The maximum absolute atomic E-state index is 13.7. The Labute approximate surface area is 151 Å². The normalized spacial score (nSPS) is 11.4. The summed E-state index contributed by atoms with van der Waals surface area (Å²) in [7, 11) is 1.68. The van der Waals surface area contributed by atoms with E-state index in [1.807, 2.05) is 42.1 Å². The van der Waals surface area contributed by atoms with Gasteiger partial charge in [0, 0.05) is 44.3 Å². The molecule has 3 rings (SSSR count). The van der Waals surface area contributed by atoms with E-state index in [-0.39, 0.29) is 5.82 Å². The van der Waals surface area contributed by atoms with Crippen molar-refractivity contribution in [3.05, 3.63) is 77.8 Å². The minimum atomic E-state index is -0.231. The second-order valence-electron chi connectivity index (χ2n) is 5.74. The summed E-state index contributed by atoms with van der Waals surface area (Å²) in [5.74, 6) is 2.08. The van der Waals surface area contributed by atoms with Gasteiger partial charge in [-0.1, -0.05) is 24.3 Å². The number of halogens is 1. The van der Waals surface area contributed by atoms with E-state index in [0.29, 0.717) is 24.6 Å². The topological polar surface area (TPSA) is 67.1 Å². The van der Waals surface area contributed by atoms with E-state index in [2.05, 4.69) is 25.6 Å². The van der Waals surface area contributed by atoms with Gasteiger partial charge in [0.2, 0.25) is 0 Å². The maximum Gasteiger partial charge on any atom is 0.191 e. The van der Waals surface area contributed by atoms with Crippen LogP contribution in [0.25, 0.3) is 5.82 Å². The first-order chi connectivity index (χ1) is 12.7. The van der Waals surface area contributed by atoms with Crippen molar-refractivity contribution in [2.75, 3.05) is 7.05 Å².